The van der Waals surface area contributed by atoms with E-state index in [2.05, 4.69) is 12.2 Å². The van der Waals surface area contributed by atoms with Crippen LogP contribution in [0, 0.1) is 0 Å². The molecule has 5 heteroatoms. The standard InChI is InChI=1S/C23H27ClN2O2/c1-2-3-4-5-9-15-23(19-13-10-14-20(24)16-19)21(27)26(22(28)25-23)17-18-11-7-6-8-12-18/h6-8,10-14,16H,2-5,9,15,17H2,1H3,(H,25,28). The summed E-state index contributed by atoms with van der Waals surface area (Å²) < 4.78 is 0. The van der Waals surface area contributed by atoms with Crippen LogP contribution in [-0.2, 0) is 16.9 Å². The number of nitrogens with one attached hydrogen (secondary N) is 1. The van der Waals surface area contributed by atoms with Gasteiger partial charge in [-0.25, -0.2) is 4.79 Å². The molecule has 28 heavy (non-hydrogen) atoms. The molecular weight excluding hydrogens is 372 g/mol. The molecule has 2 aromatic carbocycles. The van der Waals surface area contributed by atoms with Crippen molar-refractivity contribution in [3.05, 3.63) is 70.7 Å². The number of halogens is 1. The third kappa shape index (κ3) is 4.39. The summed E-state index contributed by atoms with van der Waals surface area (Å²) in [5.41, 5.74) is 0.642. The molecule has 3 amide bonds. The minimum absolute atomic E-state index is 0.195. The first-order valence-electron chi connectivity index (χ1n) is 10.0. The Bertz CT molecular complexity index is 824. The van der Waals surface area contributed by atoms with E-state index in [9.17, 15) is 9.59 Å². The van der Waals surface area contributed by atoms with Gasteiger partial charge in [-0.2, -0.15) is 0 Å². The van der Waals surface area contributed by atoms with Crippen LogP contribution < -0.4 is 5.32 Å². The molecule has 0 bridgehead atoms. The molecule has 3 rings (SSSR count). The average molecular weight is 399 g/mol. The van der Waals surface area contributed by atoms with Gasteiger partial charge in [0.15, 0.2) is 0 Å². The molecule has 0 saturated carbocycles. The van der Waals surface area contributed by atoms with E-state index in [0.717, 1.165) is 30.4 Å². The first-order chi connectivity index (χ1) is 13.6. The largest absolute Gasteiger partial charge is 0.325 e. The monoisotopic (exact) mass is 398 g/mol. The molecule has 1 atom stereocenters. The third-order valence-corrected chi connectivity index (χ3v) is 5.57. The van der Waals surface area contributed by atoms with Gasteiger partial charge < -0.3 is 5.32 Å². The highest BCUT2D eigenvalue weighted by Gasteiger charge is 2.51. The van der Waals surface area contributed by atoms with E-state index in [4.69, 9.17) is 11.6 Å². The second kappa shape index (κ2) is 9.24. The van der Waals surface area contributed by atoms with Crippen LogP contribution in [0.5, 0.6) is 0 Å². The Labute approximate surface area is 171 Å². The molecule has 0 radical (unpaired) electrons. The van der Waals surface area contributed by atoms with Gasteiger partial charge in [-0.15, -0.1) is 0 Å². The number of urea groups is 1. The molecule has 1 aliphatic rings. The summed E-state index contributed by atoms with van der Waals surface area (Å²) >= 11 is 6.20. The number of hydrogen-bond acceptors (Lipinski definition) is 2. The Morgan fingerprint density at radius 2 is 1.71 bits per heavy atom. The van der Waals surface area contributed by atoms with Gasteiger partial charge in [-0.3, -0.25) is 9.69 Å². The molecule has 148 valence electrons. The van der Waals surface area contributed by atoms with Crippen molar-refractivity contribution >= 4 is 23.5 Å². The molecule has 4 nitrogen and oxygen atoms in total. The molecule has 1 saturated heterocycles. The first kappa shape index (κ1) is 20.4. The lowest BCUT2D eigenvalue weighted by Crippen LogP contribution is -2.44. The van der Waals surface area contributed by atoms with Crippen LogP contribution in [0.4, 0.5) is 4.79 Å². The zero-order chi connectivity index (χ0) is 20.0. The topological polar surface area (TPSA) is 49.4 Å². The van der Waals surface area contributed by atoms with Crippen LogP contribution in [-0.4, -0.2) is 16.8 Å². The number of hydrogen-bond donors (Lipinski definition) is 1. The number of benzene rings is 2. The maximum absolute atomic E-state index is 13.5. The fraction of sp³-hybridized carbons (Fsp3) is 0.391. The fourth-order valence-electron chi connectivity index (χ4n) is 3.79. The molecule has 1 aliphatic heterocycles. The van der Waals surface area contributed by atoms with E-state index in [-0.39, 0.29) is 18.5 Å². The fourth-order valence-corrected chi connectivity index (χ4v) is 3.98. The number of nitrogens with zero attached hydrogens (tertiary/aromatic N) is 1. The zero-order valence-electron chi connectivity index (χ0n) is 16.3. The minimum atomic E-state index is -1.04. The van der Waals surface area contributed by atoms with Crippen LogP contribution in [0.1, 0.15) is 56.6 Å². The zero-order valence-corrected chi connectivity index (χ0v) is 17.0. The lowest BCUT2D eigenvalue weighted by molar-refractivity contribution is -0.132. The Morgan fingerprint density at radius 3 is 2.43 bits per heavy atom. The molecule has 1 N–H and O–H groups in total. The highest BCUT2D eigenvalue weighted by Crippen LogP contribution is 2.36. The van der Waals surface area contributed by atoms with Crippen LogP contribution in [0.15, 0.2) is 54.6 Å². The summed E-state index contributed by atoms with van der Waals surface area (Å²) in [6, 6.07) is 16.5. The van der Waals surface area contributed by atoms with E-state index in [1.165, 1.54) is 17.7 Å². The molecule has 1 unspecified atom stereocenters. The van der Waals surface area contributed by atoms with Gasteiger partial charge in [0.25, 0.3) is 5.91 Å². The van der Waals surface area contributed by atoms with Crippen molar-refractivity contribution in [3.8, 4) is 0 Å². The highest BCUT2D eigenvalue weighted by atomic mass is 35.5. The minimum Gasteiger partial charge on any atom is -0.319 e. The second-order valence-corrected chi connectivity index (χ2v) is 7.82. The van der Waals surface area contributed by atoms with Gasteiger partial charge >= 0.3 is 6.03 Å². The quantitative estimate of drug-likeness (QED) is 0.438. The number of unbranched alkanes of at least 4 members (excludes halogenated alkanes) is 4. The van der Waals surface area contributed by atoms with Crippen molar-refractivity contribution in [2.75, 3.05) is 0 Å². The van der Waals surface area contributed by atoms with Crippen molar-refractivity contribution in [3.63, 3.8) is 0 Å². The molecule has 0 spiro atoms. The van der Waals surface area contributed by atoms with Gasteiger partial charge in [-0.1, -0.05) is 93.1 Å². The lowest BCUT2D eigenvalue weighted by Gasteiger charge is -2.27. The maximum atomic E-state index is 13.5. The normalized spacial score (nSPS) is 19.1. The SMILES string of the molecule is CCCCCCCC1(c2cccc(Cl)c2)NC(=O)N(Cc2ccccc2)C1=O. The molecule has 1 heterocycles. The second-order valence-electron chi connectivity index (χ2n) is 7.39. The van der Waals surface area contributed by atoms with Crippen LogP contribution in [0.3, 0.4) is 0 Å². The van der Waals surface area contributed by atoms with Gasteiger partial charge in [0.2, 0.25) is 0 Å². The smallest absolute Gasteiger partial charge is 0.319 e. The average Bonchev–Trinajstić information content (AvgIpc) is 2.94. The van der Waals surface area contributed by atoms with Gasteiger partial charge in [0.1, 0.15) is 5.54 Å². The van der Waals surface area contributed by atoms with Crippen LogP contribution >= 0.6 is 11.6 Å². The van der Waals surface area contributed by atoms with Crippen molar-refractivity contribution in [1.82, 2.24) is 10.2 Å². The molecular formula is C23H27ClN2O2. The molecule has 0 aliphatic carbocycles. The van der Waals surface area contributed by atoms with E-state index in [0.29, 0.717) is 11.4 Å². The Balaban J connectivity index is 1.86. The van der Waals surface area contributed by atoms with Gasteiger partial charge in [0, 0.05) is 5.02 Å². The Morgan fingerprint density at radius 1 is 0.964 bits per heavy atom. The summed E-state index contributed by atoms with van der Waals surface area (Å²) in [4.78, 5) is 27.6. The predicted molar refractivity (Wildman–Crippen MR) is 112 cm³/mol. The van der Waals surface area contributed by atoms with Crippen molar-refractivity contribution in [2.24, 2.45) is 0 Å². The maximum Gasteiger partial charge on any atom is 0.325 e. The first-order valence-corrected chi connectivity index (χ1v) is 10.4. The number of imide groups is 1. The highest BCUT2D eigenvalue weighted by molar-refractivity contribution is 6.30. The van der Waals surface area contributed by atoms with E-state index < -0.39 is 5.54 Å². The summed E-state index contributed by atoms with van der Waals surface area (Å²) in [7, 11) is 0. The Kier molecular flexibility index (Phi) is 6.74. The van der Waals surface area contributed by atoms with Crippen LogP contribution in [0.25, 0.3) is 0 Å². The number of amides is 3. The number of rotatable bonds is 9. The summed E-state index contributed by atoms with van der Waals surface area (Å²) in [5, 5.41) is 3.56. The predicted octanol–water partition coefficient (Wildman–Crippen LogP) is 5.65. The molecule has 2 aromatic rings. The van der Waals surface area contributed by atoms with Crippen molar-refractivity contribution in [1.29, 1.82) is 0 Å². The van der Waals surface area contributed by atoms with E-state index in [1.54, 1.807) is 12.1 Å². The van der Waals surface area contributed by atoms with Gasteiger partial charge in [0.05, 0.1) is 6.54 Å². The van der Waals surface area contributed by atoms with Crippen molar-refractivity contribution < 1.29 is 9.59 Å². The Hall–Kier alpha value is -2.33. The van der Waals surface area contributed by atoms with E-state index in [1.807, 2.05) is 42.5 Å². The third-order valence-electron chi connectivity index (χ3n) is 5.33. The van der Waals surface area contributed by atoms with Crippen LogP contribution in [0.2, 0.25) is 5.02 Å². The summed E-state index contributed by atoms with van der Waals surface area (Å²) in [6.45, 7) is 2.44. The molecule has 0 aromatic heterocycles. The number of carbonyl (C=O) groups is 2. The number of carbonyl (C=O) groups excluding carboxylic acids is 2. The summed E-state index contributed by atoms with van der Waals surface area (Å²) in [5.74, 6) is -0.195. The van der Waals surface area contributed by atoms with E-state index >= 15 is 0 Å². The molecule has 1 fully saturated rings. The van der Waals surface area contributed by atoms with Gasteiger partial charge in [-0.05, 0) is 29.7 Å². The van der Waals surface area contributed by atoms with Crippen molar-refractivity contribution in [2.45, 2.75) is 57.5 Å². The summed E-state index contributed by atoms with van der Waals surface area (Å²) in [6.07, 6.45) is 5.98. The lowest BCUT2D eigenvalue weighted by atomic mass is 9.84.